The Morgan fingerprint density at radius 2 is 1.50 bits per heavy atom. The fourth-order valence-electron chi connectivity index (χ4n) is 3.10. The monoisotopic (exact) mass is 393 g/mol. The lowest BCUT2D eigenvalue weighted by atomic mass is 9.88. The zero-order chi connectivity index (χ0) is 19.9. The summed E-state index contributed by atoms with van der Waals surface area (Å²) >= 11 is 5.91. The zero-order valence-corrected chi connectivity index (χ0v) is 16.8. The molecular weight excluding hydrogens is 370 g/mol. The lowest BCUT2D eigenvalue weighted by Gasteiger charge is -2.19. The van der Waals surface area contributed by atoms with E-state index in [2.05, 4.69) is 17.4 Å². The summed E-state index contributed by atoms with van der Waals surface area (Å²) in [4.78, 5) is 12.7. The van der Waals surface area contributed by atoms with Crippen LogP contribution in [-0.2, 0) is 4.79 Å². The SMILES string of the molecule is CC(C)Oc1ccc([C@@H](CC(=O)Nc2ccc(Cl)cc2)c2ccccc2)cc1. The second-order valence-corrected chi connectivity index (χ2v) is 7.39. The van der Waals surface area contributed by atoms with E-state index in [0.717, 1.165) is 22.6 Å². The number of rotatable bonds is 7. The molecule has 0 fully saturated rings. The van der Waals surface area contributed by atoms with Crippen LogP contribution in [0.4, 0.5) is 5.69 Å². The maximum absolute atomic E-state index is 12.7. The minimum absolute atomic E-state index is 0.0402. The van der Waals surface area contributed by atoms with Crippen LogP contribution in [-0.4, -0.2) is 12.0 Å². The van der Waals surface area contributed by atoms with Crippen molar-refractivity contribution < 1.29 is 9.53 Å². The van der Waals surface area contributed by atoms with Crippen LogP contribution in [0.5, 0.6) is 5.75 Å². The predicted octanol–water partition coefficient (Wildman–Crippen LogP) is 6.29. The van der Waals surface area contributed by atoms with Gasteiger partial charge >= 0.3 is 0 Å². The number of halogens is 1. The van der Waals surface area contributed by atoms with E-state index in [-0.39, 0.29) is 17.9 Å². The van der Waals surface area contributed by atoms with Gasteiger partial charge in [0.25, 0.3) is 0 Å². The molecule has 0 aliphatic heterocycles. The highest BCUT2D eigenvalue weighted by molar-refractivity contribution is 6.30. The van der Waals surface area contributed by atoms with Crippen molar-refractivity contribution in [3.8, 4) is 5.75 Å². The minimum Gasteiger partial charge on any atom is -0.491 e. The Kier molecular flexibility index (Phi) is 6.72. The van der Waals surface area contributed by atoms with E-state index < -0.39 is 0 Å². The normalized spacial score (nSPS) is 11.9. The van der Waals surface area contributed by atoms with Gasteiger partial charge in [0.1, 0.15) is 5.75 Å². The van der Waals surface area contributed by atoms with Crippen LogP contribution >= 0.6 is 11.6 Å². The first kappa shape index (κ1) is 20.0. The van der Waals surface area contributed by atoms with E-state index in [9.17, 15) is 4.79 Å². The van der Waals surface area contributed by atoms with E-state index in [4.69, 9.17) is 16.3 Å². The van der Waals surface area contributed by atoms with Gasteiger partial charge < -0.3 is 10.1 Å². The molecule has 3 nitrogen and oxygen atoms in total. The van der Waals surface area contributed by atoms with E-state index in [1.807, 2.05) is 56.3 Å². The highest BCUT2D eigenvalue weighted by atomic mass is 35.5. The maximum atomic E-state index is 12.7. The summed E-state index contributed by atoms with van der Waals surface area (Å²) in [6.45, 7) is 4.00. The number of nitrogens with one attached hydrogen (secondary N) is 1. The molecule has 1 amide bonds. The summed E-state index contributed by atoms with van der Waals surface area (Å²) < 4.78 is 5.73. The van der Waals surface area contributed by atoms with Crippen LogP contribution in [0, 0.1) is 0 Å². The first-order valence-corrected chi connectivity index (χ1v) is 9.76. The molecule has 0 bridgehead atoms. The molecule has 28 heavy (non-hydrogen) atoms. The van der Waals surface area contributed by atoms with Crippen molar-refractivity contribution in [1.29, 1.82) is 0 Å². The molecule has 0 radical (unpaired) electrons. The van der Waals surface area contributed by atoms with Crippen molar-refractivity contribution in [2.45, 2.75) is 32.3 Å². The van der Waals surface area contributed by atoms with Gasteiger partial charge in [-0.15, -0.1) is 0 Å². The van der Waals surface area contributed by atoms with Gasteiger partial charge in [-0.3, -0.25) is 4.79 Å². The van der Waals surface area contributed by atoms with Crippen LogP contribution in [0.3, 0.4) is 0 Å². The van der Waals surface area contributed by atoms with Crippen molar-refractivity contribution in [2.24, 2.45) is 0 Å². The van der Waals surface area contributed by atoms with E-state index in [1.54, 1.807) is 24.3 Å². The Balaban J connectivity index is 1.79. The van der Waals surface area contributed by atoms with Gasteiger partial charge in [-0.25, -0.2) is 0 Å². The molecule has 144 valence electrons. The molecule has 3 aromatic rings. The number of carbonyl (C=O) groups excluding carboxylic acids is 1. The van der Waals surface area contributed by atoms with Gasteiger partial charge in [-0.05, 0) is 61.4 Å². The van der Waals surface area contributed by atoms with Gasteiger partial charge in [0, 0.05) is 23.0 Å². The summed E-state index contributed by atoms with van der Waals surface area (Å²) in [6, 6.07) is 25.2. The number of ether oxygens (including phenoxy) is 1. The van der Waals surface area contributed by atoms with Gasteiger partial charge in [-0.1, -0.05) is 54.1 Å². The van der Waals surface area contributed by atoms with Gasteiger partial charge in [0.2, 0.25) is 5.91 Å². The van der Waals surface area contributed by atoms with Gasteiger partial charge in [0.05, 0.1) is 6.10 Å². The topological polar surface area (TPSA) is 38.3 Å². The van der Waals surface area contributed by atoms with Crippen molar-refractivity contribution in [3.63, 3.8) is 0 Å². The van der Waals surface area contributed by atoms with E-state index >= 15 is 0 Å². The molecular formula is C24H24ClNO2. The number of hydrogen-bond acceptors (Lipinski definition) is 2. The summed E-state index contributed by atoms with van der Waals surface area (Å²) in [7, 11) is 0. The molecule has 3 aromatic carbocycles. The number of carbonyl (C=O) groups is 1. The fourth-order valence-corrected chi connectivity index (χ4v) is 3.22. The summed E-state index contributed by atoms with van der Waals surface area (Å²) in [5.74, 6) is 0.747. The van der Waals surface area contributed by atoms with Crippen molar-refractivity contribution in [2.75, 3.05) is 5.32 Å². The number of amides is 1. The second kappa shape index (κ2) is 9.43. The summed E-state index contributed by atoms with van der Waals surface area (Å²) in [5, 5.41) is 3.60. The fraction of sp³-hybridized carbons (Fsp3) is 0.208. The summed E-state index contributed by atoms with van der Waals surface area (Å²) in [6.07, 6.45) is 0.470. The average molecular weight is 394 g/mol. The van der Waals surface area contributed by atoms with Crippen LogP contribution < -0.4 is 10.1 Å². The quantitative estimate of drug-likeness (QED) is 0.512. The Hall–Kier alpha value is -2.78. The predicted molar refractivity (Wildman–Crippen MR) is 115 cm³/mol. The molecule has 0 saturated heterocycles. The van der Waals surface area contributed by atoms with Crippen LogP contribution in [0.15, 0.2) is 78.9 Å². The highest BCUT2D eigenvalue weighted by Gasteiger charge is 2.18. The third kappa shape index (κ3) is 5.61. The smallest absolute Gasteiger partial charge is 0.225 e. The lowest BCUT2D eigenvalue weighted by Crippen LogP contribution is -2.16. The molecule has 0 saturated carbocycles. The average Bonchev–Trinajstić information content (AvgIpc) is 2.69. The molecule has 0 unspecified atom stereocenters. The first-order valence-electron chi connectivity index (χ1n) is 9.38. The molecule has 1 atom stereocenters. The molecule has 0 aromatic heterocycles. The lowest BCUT2D eigenvalue weighted by molar-refractivity contribution is -0.116. The molecule has 3 rings (SSSR count). The molecule has 0 spiro atoms. The number of anilines is 1. The third-order valence-electron chi connectivity index (χ3n) is 4.37. The van der Waals surface area contributed by atoms with Crippen molar-refractivity contribution in [1.82, 2.24) is 0 Å². The first-order chi connectivity index (χ1) is 13.5. The van der Waals surface area contributed by atoms with Crippen molar-refractivity contribution in [3.05, 3.63) is 95.0 Å². The minimum atomic E-state index is -0.0429. The number of benzene rings is 3. The third-order valence-corrected chi connectivity index (χ3v) is 4.63. The van der Waals surface area contributed by atoms with E-state index in [1.165, 1.54) is 0 Å². The number of hydrogen-bond donors (Lipinski definition) is 1. The Bertz CT molecular complexity index is 890. The molecule has 0 aliphatic rings. The van der Waals surface area contributed by atoms with Crippen LogP contribution in [0.1, 0.15) is 37.3 Å². The Morgan fingerprint density at radius 1 is 0.893 bits per heavy atom. The van der Waals surface area contributed by atoms with Crippen molar-refractivity contribution >= 4 is 23.2 Å². The van der Waals surface area contributed by atoms with Gasteiger partial charge in [-0.2, -0.15) is 0 Å². The van der Waals surface area contributed by atoms with Crippen LogP contribution in [0.2, 0.25) is 5.02 Å². The van der Waals surface area contributed by atoms with Crippen LogP contribution in [0.25, 0.3) is 0 Å². The Morgan fingerprint density at radius 3 is 2.11 bits per heavy atom. The summed E-state index contributed by atoms with van der Waals surface area (Å²) in [5.41, 5.74) is 2.92. The Labute approximate surface area is 171 Å². The molecule has 4 heteroatoms. The molecule has 0 aliphatic carbocycles. The zero-order valence-electron chi connectivity index (χ0n) is 16.1. The second-order valence-electron chi connectivity index (χ2n) is 6.96. The maximum Gasteiger partial charge on any atom is 0.225 e. The molecule has 1 N–H and O–H groups in total. The largest absolute Gasteiger partial charge is 0.491 e. The standard InChI is InChI=1S/C24H24ClNO2/c1-17(2)28-22-14-8-19(9-15-22)23(18-6-4-3-5-7-18)16-24(27)26-21-12-10-20(25)11-13-21/h3-15,17,23H,16H2,1-2H3,(H,26,27)/t23-/m0/s1. The van der Waals surface area contributed by atoms with Gasteiger partial charge in [0.15, 0.2) is 0 Å². The van der Waals surface area contributed by atoms with E-state index in [0.29, 0.717) is 11.4 Å². The highest BCUT2D eigenvalue weighted by Crippen LogP contribution is 2.30. The molecule has 0 heterocycles.